The van der Waals surface area contributed by atoms with Crippen molar-refractivity contribution in [1.82, 2.24) is 4.98 Å². The summed E-state index contributed by atoms with van der Waals surface area (Å²) in [5, 5.41) is 9.91. The van der Waals surface area contributed by atoms with Gasteiger partial charge < -0.3 is 9.84 Å². The van der Waals surface area contributed by atoms with Gasteiger partial charge in [0.15, 0.2) is 0 Å². The van der Waals surface area contributed by atoms with E-state index in [9.17, 15) is 35.8 Å². The molecule has 2 aromatic carbocycles. The van der Waals surface area contributed by atoms with E-state index in [1.54, 1.807) is 31.2 Å². The molecule has 0 amide bonds. The molecule has 1 aromatic heterocycles. The van der Waals surface area contributed by atoms with Crippen molar-refractivity contribution in [3.63, 3.8) is 0 Å². The number of aliphatic hydroxyl groups is 1. The average Bonchev–Trinajstić information content (AvgIpc) is 2.83. The molecular formula is C27H24F7NO2. The number of halogens is 7. The van der Waals surface area contributed by atoms with Gasteiger partial charge in [-0.15, -0.1) is 0 Å². The zero-order chi connectivity index (χ0) is 27.1. The fourth-order valence-corrected chi connectivity index (χ4v) is 4.66. The molecule has 4 atom stereocenters. The van der Waals surface area contributed by atoms with Crippen LogP contribution < -0.4 is 0 Å². The molecule has 0 saturated carbocycles. The van der Waals surface area contributed by atoms with E-state index in [0.717, 1.165) is 5.56 Å². The molecule has 0 spiro atoms. The number of ether oxygens (including phenoxy) is 1. The van der Waals surface area contributed by atoms with Crippen LogP contribution in [0.5, 0.6) is 0 Å². The highest BCUT2D eigenvalue weighted by Gasteiger charge is 2.38. The monoisotopic (exact) mass is 527 g/mol. The van der Waals surface area contributed by atoms with E-state index in [1.165, 1.54) is 19.1 Å². The normalized spacial score (nSPS) is 19.8. The lowest BCUT2D eigenvalue weighted by molar-refractivity contribution is -0.143. The van der Waals surface area contributed by atoms with E-state index in [4.69, 9.17) is 4.74 Å². The summed E-state index contributed by atoms with van der Waals surface area (Å²) in [5.74, 6) is -0.966. The minimum Gasteiger partial charge on any atom is -0.387 e. The largest absolute Gasteiger partial charge is 0.416 e. The van der Waals surface area contributed by atoms with Crippen LogP contribution in [0.2, 0.25) is 0 Å². The topological polar surface area (TPSA) is 42.4 Å². The molecular weight excluding hydrogens is 503 g/mol. The Morgan fingerprint density at radius 2 is 1.49 bits per heavy atom. The van der Waals surface area contributed by atoms with Gasteiger partial charge in [-0.05, 0) is 79.8 Å². The fourth-order valence-electron chi connectivity index (χ4n) is 4.66. The summed E-state index contributed by atoms with van der Waals surface area (Å²) in [6.45, 7) is 2.98. The Kier molecular flexibility index (Phi) is 7.36. The minimum absolute atomic E-state index is 0.0831. The maximum Gasteiger partial charge on any atom is 0.416 e. The van der Waals surface area contributed by atoms with Crippen molar-refractivity contribution in [3.05, 3.63) is 99.6 Å². The SMILES string of the molecule is CC(O)c1ccc2c(n1)CC[C@H](O[C@H](C)c1cc(C(F)(F)F)cc(C(F)(F)F)c1)[C@H]2c1ccc(F)cc1. The summed E-state index contributed by atoms with van der Waals surface area (Å²) in [7, 11) is 0. The van der Waals surface area contributed by atoms with E-state index in [0.29, 0.717) is 41.9 Å². The van der Waals surface area contributed by atoms with Crippen LogP contribution in [-0.2, 0) is 23.5 Å². The summed E-state index contributed by atoms with van der Waals surface area (Å²) >= 11 is 0. The number of rotatable bonds is 5. The molecule has 0 fully saturated rings. The first-order valence-electron chi connectivity index (χ1n) is 11.6. The van der Waals surface area contributed by atoms with Gasteiger partial charge >= 0.3 is 12.4 Å². The van der Waals surface area contributed by atoms with Crippen LogP contribution in [0.3, 0.4) is 0 Å². The maximum absolute atomic E-state index is 13.6. The molecule has 1 aliphatic carbocycles. The number of hydrogen-bond acceptors (Lipinski definition) is 3. The van der Waals surface area contributed by atoms with E-state index in [-0.39, 0.29) is 11.6 Å². The van der Waals surface area contributed by atoms with Crippen LogP contribution in [0.15, 0.2) is 54.6 Å². The number of hydrogen-bond donors (Lipinski definition) is 1. The van der Waals surface area contributed by atoms with Gasteiger partial charge in [0.2, 0.25) is 0 Å². The number of aryl methyl sites for hydroxylation is 1. The van der Waals surface area contributed by atoms with Gasteiger partial charge in [0, 0.05) is 11.6 Å². The lowest BCUT2D eigenvalue weighted by Gasteiger charge is -2.35. The molecule has 4 rings (SSSR count). The van der Waals surface area contributed by atoms with Crippen molar-refractivity contribution in [2.75, 3.05) is 0 Å². The van der Waals surface area contributed by atoms with Gasteiger partial charge in [0.1, 0.15) is 5.82 Å². The predicted molar refractivity (Wildman–Crippen MR) is 121 cm³/mol. The van der Waals surface area contributed by atoms with Crippen LogP contribution in [0.4, 0.5) is 30.7 Å². The predicted octanol–water partition coefficient (Wildman–Crippen LogP) is 7.54. The first-order valence-corrected chi connectivity index (χ1v) is 11.6. The number of aliphatic hydroxyl groups excluding tert-OH is 1. The zero-order valence-corrected chi connectivity index (χ0v) is 19.9. The third kappa shape index (κ3) is 5.96. The Morgan fingerprint density at radius 3 is 2.03 bits per heavy atom. The Hall–Kier alpha value is -2.98. The highest BCUT2D eigenvalue weighted by Crippen LogP contribution is 2.42. The molecule has 0 bridgehead atoms. The third-order valence-electron chi connectivity index (χ3n) is 6.52. The second kappa shape index (κ2) is 10.1. The van der Waals surface area contributed by atoms with Gasteiger partial charge in [0.25, 0.3) is 0 Å². The summed E-state index contributed by atoms with van der Waals surface area (Å²) in [4.78, 5) is 4.53. The van der Waals surface area contributed by atoms with Gasteiger partial charge in [-0.2, -0.15) is 26.3 Å². The summed E-state index contributed by atoms with van der Waals surface area (Å²) in [6.07, 6.45) is -11.7. The van der Waals surface area contributed by atoms with Crippen molar-refractivity contribution in [3.8, 4) is 0 Å². The highest BCUT2D eigenvalue weighted by atomic mass is 19.4. The van der Waals surface area contributed by atoms with E-state index in [1.807, 2.05) is 0 Å². The molecule has 3 aromatic rings. The standard InChI is InChI=1S/C27H24F7NO2/c1-14(36)22-8-7-21-23(35-22)9-10-24(25(21)16-3-5-20(28)6-4-16)37-15(2)17-11-18(26(29,30)31)13-19(12-17)27(32,33)34/h3-8,11-15,24-25,36H,9-10H2,1-2H3/t14?,15-,24+,25+/m1/s1. The van der Waals surface area contributed by atoms with Gasteiger partial charge in [-0.3, -0.25) is 4.98 Å². The molecule has 37 heavy (non-hydrogen) atoms. The fraction of sp³-hybridized carbons (Fsp3) is 0.370. The van der Waals surface area contributed by atoms with E-state index < -0.39 is 53.5 Å². The Labute approximate surface area is 208 Å². The molecule has 0 saturated heterocycles. The van der Waals surface area contributed by atoms with Gasteiger partial charge in [-0.25, -0.2) is 4.39 Å². The van der Waals surface area contributed by atoms with Crippen LogP contribution in [0, 0.1) is 5.82 Å². The lowest BCUT2D eigenvalue weighted by Crippen LogP contribution is -2.31. The Bertz CT molecular complexity index is 1220. The molecule has 10 heteroatoms. The summed E-state index contributed by atoms with van der Waals surface area (Å²) in [6, 6.07) is 10.5. The Balaban J connectivity index is 1.72. The van der Waals surface area contributed by atoms with Crippen molar-refractivity contribution < 1.29 is 40.6 Å². The zero-order valence-electron chi connectivity index (χ0n) is 19.9. The van der Waals surface area contributed by atoms with Crippen molar-refractivity contribution in [1.29, 1.82) is 0 Å². The first-order chi connectivity index (χ1) is 17.2. The van der Waals surface area contributed by atoms with Crippen LogP contribution in [0.25, 0.3) is 0 Å². The quantitative estimate of drug-likeness (QED) is 0.349. The van der Waals surface area contributed by atoms with Crippen molar-refractivity contribution >= 4 is 0 Å². The summed E-state index contributed by atoms with van der Waals surface area (Å²) < 4.78 is 100.0. The first kappa shape index (κ1) is 27.1. The summed E-state index contributed by atoms with van der Waals surface area (Å²) in [5.41, 5.74) is -0.524. The Morgan fingerprint density at radius 1 is 0.892 bits per heavy atom. The van der Waals surface area contributed by atoms with Crippen LogP contribution in [0.1, 0.15) is 77.6 Å². The van der Waals surface area contributed by atoms with E-state index >= 15 is 0 Å². The molecule has 3 nitrogen and oxygen atoms in total. The van der Waals surface area contributed by atoms with Gasteiger partial charge in [-0.1, -0.05) is 18.2 Å². The second-order valence-electron chi connectivity index (χ2n) is 9.17. The van der Waals surface area contributed by atoms with Crippen LogP contribution in [-0.4, -0.2) is 16.2 Å². The molecule has 1 aliphatic rings. The number of aromatic nitrogens is 1. The maximum atomic E-state index is 13.6. The molecule has 1 N–H and O–H groups in total. The number of benzene rings is 2. The van der Waals surface area contributed by atoms with Crippen molar-refractivity contribution in [2.24, 2.45) is 0 Å². The lowest BCUT2D eigenvalue weighted by atomic mass is 9.78. The molecule has 198 valence electrons. The number of pyridine rings is 1. The number of alkyl halides is 6. The number of nitrogens with zero attached hydrogens (tertiary/aromatic N) is 1. The molecule has 0 radical (unpaired) electrons. The minimum atomic E-state index is -4.97. The highest BCUT2D eigenvalue weighted by molar-refractivity contribution is 5.40. The molecule has 1 unspecified atom stereocenters. The van der Waals surface area contributed by atoms with Gasteiger partial charge in [0.05, 0.1) is 35.1 Å². The van der Waals surface area contributed by atoms with Crippen LogP contribution >= 0.6 is 0 Å². The van der Waals surface area contributed by atoms with Crippen molar-refractivity contribution in [2.45, 2.75) is 63.3 Å². The van der Waals surface area contributed by atoms with E-state index in [2.05, 4.69) is 4.98 Å². The molecule has 0 aliphatic heterocycles. The smallest absolute Gasteiger partial charge is 0.387 e. The third-order valence-corrected chi connectivity index (χ3v) is 6.52. The second-order valence-corrected chi connectivity index (χ2v) is 9.17. The number of fused-ring (bicyclic) bond motifs is 1. The average molecular weight is 527 g/mol. The molecule has 1 heterocycles.